The molecule has 0 amide bonds. The van der Waals surface area contributed by atoms with Crippen LogP contribution in [-0.2, 0) is 6.54 Å². The topological polar surface area (TPSA) is 41.9 Å². The van der Waals surface area contributed by atoms with Crippen molar-refractivity contribution in [2.24, 2.45) is 5.92 Å². The van der Waals surface area contributed by atoms with Gasteiger partial charge in [-0.3, -0.25) is 4.90 Å². The molecule has 3 aliphatic heterocycles. The molecule has 0 aromatic heterocycles. The van der Waals surface area contributed by atoms with E-state index in [-0.39, 0.29) is 6.10 Å². The molecule has 4 aliphatic rings. The maximum Gasteiger partial charge on any atom is 0.231 e. The second-order valence-electron chi connectivity index (χ2n) is 6.77. The molecule has 1 saturated heterocycles. The molecule has 5 atom stereocenters. The molecule has 1 N–H and O–H groups in total. The second kappa shape index (κ2) is 4.02. The lowest BCUT2D eigenvalue weighted by atomic mass is 9.80. The van der Waals surface area contributed by atoms with E-state index in [1.807, 2.05) is 0 Å². The Bertz CT molecular complexity index is 654. The number of aliphatic hydroxyl groups is 1. The fraction of sp³-hybridized carbons (Fsp3) is 0.529. The number of ether oxygens (including phenoxy) is 2. The zero-order valence-electron chi connectivity index (χ0n) is 12.1. The van der Waals surface area contributed by atoms with E-state index >= 15 is 0 Å². The third kappa shape index (κ3) is 1.57. The fourth-order valence-corrected chi connectivity index (χ4v) is 4.41. The molecule has 3 heterocycles. The third-order valence-corrected chi connectivity index (χ3v) is 5.57. The average molecular weight is 285 g/mol. The standard InChI is InChI=1S/C17H19NO3/c1-9-2-14-12(4-15(9)19)13-7-18(14)6-10-3-16-17(5-11(10)13)21-8-20-16/h3-5,9,13-15,19H,2,6-8H2,1H3/t9-,13-,14-,15+/m1/s1. The van der Waals surface area contributed by atoms with Gasteiger partial charge in [-0.2, -0.15) is 0 Å². The van der Waals surface area contributed by atoms with Crippen LogP contribution < -0.4 is 9.47 Å². The van der Waals surface area contributed by atoms with Crippen LogP contribution in [0.1, 0.15) is 30.4 Å². The number of fused-ring (bicyclic) bond motifs is 8. The zero-order valence-corrected chi connectivity index (χ0v) is 12.1. The van der Waals surface area contributed by atoms with Crippen molar-refractivity contribution in [3.8, 4) is 11.5 Å². The molecular weight excluding hydrogens is 266 g/mol. The second-order valence-corrected chi connectivity index (χ2v) is 6.77. The Labute approximate surface area is 124 Å². The van der Waals surface area contributed by atoms with Crippen LogP contribution in [0.3, 0.4) is 0 Å². The Kier molecular flexibility index (Phi) is 2.31. The maximum atomic E-state index is 10.2. The SMILES string of the molecule is C[C@@H]1C[C@@H]2C(=C[C@@H]1O)[C@@H]1CN2Cc2cc3c(cc21)OCO3. The Morgan fingerprint density at radius 3 is 2.90 bits per heavy atom. The highest BCUT2D eigenvalue weighted by molar-refractivity contribution is 5.54. The van der Waals surface area contributed by atoms with Crippen LogP contribution in [0.2, 0.25) is 0 Å². The van der Waals surface area contributed by atoms with Gasteiger partial charge in [0.1, 0.15) is 0 Å². The van der Waals surface area contributed by atoms with E-state index in [2.05, 4.69) is 30.0 Å². The summed E-state index contributed by atoms with van der Waals surface area (Å²) < 4.78 is 11.1. The largest absolute Gasteiger partial charge is 0.454 e. The first-order valence-corrected chi connectivity index (χ1v) is 7.77. The summed E-state index contributed by atoms with van der Waals surface area (Å²) >= 11 is 0. The molecular formula is C17H19NO3. The van der Waals surface area contributed by atoms with E-state index in [1.54, 1.807) is 0 Å². The summed E-state index contributed by atoms with van der Waals surface area (Å²) in [5.41, 5.74) is 4.14. The molecule has 0 saturated carbocycles. The summed E-state index contributed by atoms with van der Waals surface area (Å²) in [4.78, 5) is 2.56. The van der Waals surface area contributed by atoms with E-state index in [0.29, 0.717) is 24.7 Å². The first-order valence-electron chi connectivity index (χ1n) is 7.77. The van der Waals surface area contributed by atoms with Crippen LogP contribution in [0.4, 0.5) is 0 Å². The van der Waals surface area contributed by atoms with Crippen molar-refractivity contribution in [2.75, 3.05) is 13.3 Å². The summed E-state index contributed by atoms with van der Waals surface area (Å²) in [6.07, 6.45) is 2.88. The van der Waals surface area contributed by atoms with Gasteiger partial charge in [0.25, 0.3) is 0 Å². The summed E-state index contributed by atoms with van der Waals surface area (Å²) in [5.74, 6) is 2.51. The molecule has 4 heteroatoms. The van der Waals surface area contributed by atoms with Gasteiger partial charge in [0.15, 0.2) is 11.5 Å². The molecule has 110 valence electrons. The van der Waals surface area contributed by atoms with Gasteiger partial charge in [-0.25, -0.2) is 0 Å². The molecule has 1 aliphatic carbocycles. The van der Waals surface area contributed by atoms with Crippen LogP contribution in [0, 0.1) is 5.92 Å². The Balaban J connectivity index is 1.63. The molecule has 21 heavy (non-hydrogen) atoms. The average Bonchev–Trinajstić information content (AvgIpc) is 3.03. The van der Waals surface area contributed by atoms with Gasteiger partial charge < -0.3 is 14.6 Å². The van der Waals surface area contributed by atoms with Gasteiger partial charge >= 0.3 is 0 Å². The maximum absolute atomic E-state index is 10.2. The Hall–Kier alpha value is -1.52. The van der Waals surface area contributed by atoms with E-state index in [0.717, 1.165) is 31.0 Å². The highest BCUT2D eigenvalue weighted by Crippen LogP contribution is 2.50. The highest BCUT2D eigenvalue weighted by Gasteiger charge is 2.45. The minimum absolute atomic E-state index is 0.297. The van der Waals surface area contributed by atoms with Crippen molar-refractivity contribution in [1.29, 1.82) is 0 Å². The molecule has 2 bridgehead atoms. The predicted octanol–water partition coefficient (Wildman–Crippen LogP) is 2.02. The minimum Gasteiger partial charge on any atom is -0.454 e. The van der Waals surface area contributed by atoms with Crippen molar-refractivity contribution < 1.29 is 14.6 Å². The smallest absolute Gasteiger partial charge is 0.231 e. The zero-order chi connectivity index (χ0) is 14.1. The molecule has 4 nitrogen and oxygen atoms in total. The lowest BCUT2D eigenvalue weighted by Crippen LogP contribution is -2.36. The monoisotopic (exact) mass is 285 g/mol. The van der Waals surface area contributed by atoms with Crippen molar-refractivity contribution in [3.63, 3.8) is 0 Å². The van der Waals surface area contributed by atoms with E-state index in [4.69, 9.17) is 9.47 Å². The van der Waals surface area contributed by atoms with Gasteiger partial charge in [-0.1, -0.05) is 13.0 Å². The van der Waals surface area contributed by atoms with Crippen molar-refractivity contribution in [2.45, 2.75) is 38.0 Å². The highest BCUT2D eigenvalue weighted by atomic mass is 16.7. The van der Waals surface area contributed by atoms with Crippen LogP contribution in [0.5, 0.6) is 11.5 Å². The van der Waals surface area contributed by atoms with Crippen molar-refractivity contribution in [1.82, 2.24) is 4.90 Å². The van der Waals surface area contributed by atoms with Crippen molar-refractivity contribution >= 4 is 0 Å². The van der Waals surface area contributed by atoms with Crippen LogP contribution in [-0.4, -0.2) is 35.5 Å². The third-order valence-electron chi connectivity index (χ3n) is 5.57. The summed E-state index contributed by atoms with van der Waals surface area (Å²) in [5, 5.41) is 10.2. The lowest BCUT2D eigenvalue weighted by molar-refractivity contribution is 0.120. The predicted molar refractivity (Wildman–Crippen MR) is 77.4 cm³/mol. The molecule has 1 unspecified atom stereocenters. The van der Waals surface area contributed by atoms with Gasteiger partial charge in [0.2, 0.25) is 6.79 Å². The van der Waals surface area contributed by atoms with Gasteiger partial charge in [0, 0.05) is 25.0 Å². The summed E-state index contributed by atoms with van der Waals surface area (Å²) in [6.45, 7) is 4.52. The van der Waals surface area contributed by atoms with Crippen molar-refractivity contribution in [3.05, 3.63) is 34.9 Å². The molecule has 0 radical (unpaired) electrons. The Morgan fingerprint density at radius 2 is 2.05 bits per heavy atom. The van der Waals surface area contributed by atoms with Crippen LogP contribution in [0.15, 0.2) is 23.8 Å². The number of hydrogen-bond donors (Lipinski definition) is 1. The fourth-order valence-electron chi connectivity index (χ4n) is 4.41. The van der Waals surface area contributed by atoms with Gasteiger partial charge in [-0.05, 0) is 41.2 Å². The quantitative estimate of drug-likeness (QED) is 0.741. The van der Waals surface area contributed by atoms with Gasteiger partial charge in [0.05, 0.1) is 6.10 Å². The number of rotatable bonds is 0. The number of aliphatic hydroxyl groups excluding tert-OH is 1. The van der Waals surface area contributed by atoms with E-state index in [1.165, 1.54) is 16.7 Å². The van der Waals surface area contributed by atoms with Crippen LogP contribution in [0.25, 0.3) is 0 Å². The summed E-state index contributed by atoms with van der Waals surface area (Å²) in [7, 11) is 0. The number of hydrogen-bond acceptors (Lipinski definition) is 4. The van der Waals surface area contributed by atoms with Gasteiger partial charge in [-0.15, -0.1) is 0 Å². The lowest BCUT2D eigenvalue weighted by Gasteiger charge is -2.32. The first-order chi connectivity index (χ1) is 10.2. The molecule has 1 aromatic rings. The normalized spacial score (nSPS) is 38.8. The van der Waals surface area contributed by atoms with E-state index < -0.39 is 0 Å². The molecule has 1 fully saturated rings. The summed E-state index contributed by atoms with van der Waals surface area (Å²) in [6, 6.07) is 4.81. The Morgan fingerprint density at radius 1 is 1.24 bits per heavy atom. The van der Waals surface area contributed by atoms with Crippen LogP contribution >= 0.6 is 0 Å². The molecule has 1 aromatic carbocycles. The molecule has 0 spiro atoms. The number of nitrogens with zero attached hydrogens (tertiary/aromatic N) is 1. The molecule has 5 rings (SSSR count). The number of benzene rings is 1. The first kappa shape index (κ1) is 12.1. The minimum atomic E-state index is -0.297. The van der Waals surface area contributed by atoms with E-state index in [9.17, 15) is 5.11 Å².